The van der Waals surface area contributed by atoms with Crippen LogP contribution in [-0.4, -0.2) is 20.3 Å². The Hall–Kier alpha value is -2.69. The summed E-state index contributed by atoms with van der Waals surface area (Å²) in [5.41, 5.74) is 5.41. The third-order valence-electron chi connectivity index (χ3n) is 6.06. The molecular weight excluding hydrogens is 476 g/mol. The molecule has 0 N–H and O–H groups in total. The van der Waals surface area contributed by atoms with Crippen LogP contribution < -0.4 is 0 Å². The van der Waals surface area contributed by atoms with Gasteiger partial charge in [0.15, 0.2) is 9.84 Å². The van der Waals surface area contributed by atoms with Gasteiger partial charge >= 0.3 is 0 Å². The van der Waals surface area contributed by atoms with Crippen LogP contribution >= 0.6 is 0 Å². The van der Waals surface area contributed by atoms with Crippen molar-refractivity contribution in [3.8, 4) is 0 Å². The number of allylic oxidation sites excluding steroid dienone is 6. The van der Waals surface area contributed by atoms with Crippen LogP contribution in [0.2, 0.25) is 0 Å². The first-order chi connectivity index (χ1) is 18.1. The van der Waals surface area contributed by atoms with Gasteiger partial charge in [0.05, 0.1) is 23.4 Å². The van der Waals surface area contributed by atoms with E-state index >= 15 is 0 Å². The zero-order valence-electron chi connectivity index (χ0n) is 24.1. The Morgan fingerprint density at radius 2 is 1.41 bits per heavy atom. The third-order valence-corrected chi connectivity index (χ3v) is 7.98. The number of hydrogen-bond donors (Lipinski definition) is 0. The molecule has 0 aliphatic carbocycles. The minimum Gasteiger partial charge on any atom is -0.373 e. The van der Waals surface area contributed by atoms with E-state index in [1.54, 1.807) is 36.4 Å². The Bertz CT molecular complexity index is 1210. The Morgan fingerprint density at radius 3 is 2.05 bits per heavy atom. The number of sulfone groups is 1. The summed E-state index contributed by atoms with van der Waals surface area (Å²) in [6.07, 6.45) is 10.9. The summed E-state index contributed by atoms with van der Waals surface area (Å²) in [6, 6.07) is 18.4. The van der Waals surface area contributed by atoms with E-state index in [4.69, 9.17) is 6.11 Å². The summed E-state index contributed by atoms with van der Waals surface area (Å²) in [7, 11) is -3.74. The quantitative estimate of drug-likeness (QED) is 0.174. The molecule has 0 aliphatic heterocycles. The molecule has 0 bridgehead atoms. The average Bonchev–Trinajstić information content (AvgIpc) is 2.90. The first kappa shape index (κ1) is 28.9. The molecule has 0 heterocycles. The lowest BCUT2D eigenvalue weighted by Gasteiger charge is -2.16. The summed E-state index contributed by atoms with van der Waals surface area (Å²) in [4.78, 5) is 0.245. The first-order valence-electron chi connectivity index (χ1n) is 13.6. The lowest BCUT2D eigenvalue weighted by molar-refractivity contribution is 0.148. The predicted molar refractivity (Wildman–Crippen MR) is 157 cm³/mol. The second-order valence-electron chi connectivity index (χ2n) is 9.86. The molecule has 2 aromatic rings. The highest BCUT2D eigenvalue weighted by Crippen LogP contribution is 2.24. The molecule has 200 valence electrons. The smallest absolute Gasteiger partial charge is 0.185 e. The molecule has 2 atom stereocenters. The van der Waals surface area contributed by atoms with E-state index in [2.05, 4.69) is 32.9 Å². The molecule has 2 aromatic carbocycles. The Labute approximate surface area is 227 Å². The maximum atomic E-state index is 13.6. The van der Waals surface area contributed by atoms with Crippen molar-refractivity contribution in [1.82, 2.24) is 0 Å². The van der Waals surface area contributed by atoms with E-state index in [9.17, 15) is 8.42 Å². The van der Waals surface area contributed by atoms with E-state index < -0.39 is 21.5 Å². The Kier molecular flexibility index (Phi) is 12.7. The molecule has 0 spiro atoms. The molecule has 0 radical (unpaired) electrons. The SMILES string of the molecule is [2H][C@@H](/C(C)=C/COCc1ccccc1)C(/C=C(\C)CC/C=C(\C)CCC=C(C)C)S(=O)(=O)c1ccccc1. The molecule has 2 rings (SSSR count). The van der Waals surface area contributed by atoms with Gasteiger partial charge in [-0.15, -0.1) is 0 Å². The summed E-state index contributed by atoms with van der Waals surface area (Å²) in [5.74, 6) is 0. The van der Waals surface area contributed by atoms with Crippen molar-refractivity contribution in [3.63, 3.8) is 0 Å². The van der Waals surface area contributed by atoms with Gasteiger partial charge in [-0.2, -0.15) is 0 Å². The van der Waals surface area contributed by atoms with Gasteiger partial charge in [-0.1, -0.05) is 95.1 Å². The molecule has 0 fully saturated rings. The molecular formula is C33H44O3S. The fourth-order valence-corrected chi connectivity index (χ4v) is 5.52. The van der Waals surface area contributed by atoms with Crippen molar-refractivity contribution in [2.75, 3.05) is 6.61 Å². The number of rotatable bonds is 15. The fourth-order valence-electron chi connectivity index (χ4n) is 3.86. The maximum Gasteiger partial charge on any atom is 0.185 e. The standard InChI is InChI=1S/C33H44O3S/c1-27(2)14-12-15-28(3)16-13-17-29(4)24-33(37(34,35)32-20-10-7-11-21-32)25-30(5)22-23-36-26-31-18-8-6-9-19-31/h6-11,14,16,18-22,24,33H,12-13,15,17,23,25-26H2,1-5H3/b28-16+,29-24+,30-22+/i25D/t25-,33?/m0/s1. The highest BCUT2D eigenvalue weighted by atomic mass is 32.2. The molecule has 0 saturated heterocycles. The van der Waals surface area contributed by atoms with E-state index in [1.165, 1.54) is 11.1 Å². The van der Waals surface area contributed by atoms with Crippen LogP contribution in [0.5, 0.6) is 0 Å². The average molecular weight is 522 g/mol. The normalized spacial score (nSPS) is 15.2. The molecule has 0 aromatic heterocycles. The lowest BCUT2D eigenvalue weighted by Crippen LogP contribution is -2.20. The maximum absolute atomic E-state index is 13.6. The molecule has 3 nitrogen and oxygen atoms in total. The van der Waals surface area contributed by atoms with Gasteiger partial charge in [0.1, 0.15) is 0 Å². The minimum atomic E-state index is -3.74. The molecule has 4 heteroatoms. The first-order valence-corrected chi connectivity index (χ1v) is 14.6. The largest absolute Gasteiger partial charge is 0.373 e. The van der Waals surface area contributed by atoms with Gasteiger partial charge in [0, 0.05) is 1.37 Å². The van der Waals surface area contributed by atoms with Crippen molar-refractivity contribution >= 4 is 9.84 Å². The monoisotopic (exact) mass is 521 g/mol. The third kappa shape index (κ3) is 11.9. The highest BCUT2D eigenvalue weighted by molar-refractivity contribution is 7.92. The van der Waals surface area contributed by atoms with Crippen LogP contribution in [0.3, 0.4) is 0 Å². The second-order valence-corrected chi connectivity index (χ2v) is 12.0. The van der Waals surface area contributed by atoms with Crippen molar-refractivity contribution < 1.29 is 14.5 Å². The van der Waals surface area contributed by atoms with Gasteiger partial charge in [-0.3, -0.25) is 0 Å². The Morgan fingerprint density at radius 1 is 0.811 bits per heavy atom. The van der Waals surface area contributed by atoms with E-state index in [0.29, 0.717) is 18.8 Å². The lowest BCUT2D eigenvalue weighted by atomic mass is 10.0. The van der Waals surface area contributed by atoms with Gasteiger partial charge < -0.3 is 4.74 Å². The minimum absolute atomic E-state index is 0.245. The van der Waals surface area contributed by atoms with E-state index in [-0.39, 0.29) is 4.90 Å². The molecule has 37 heavy (non-hydrogen) atoms. The van der Waals surface area contributed by atoms with Gasteiger partial charge in [0.2, 0.25) is 0 Å². The summed E-state index contributed by atoms with van der Waals surface area (Å²) < 4.78 is 42.0. The van der Waals surface area contributed by atoms with Gasteiger partial charge in [0.25, 0.3) is 0 Å². The molecule has 0 aliphatic rings. The van der Waals surface area contributed by atoms with E-state index in [1.807, 2.05) is 50.3 Å². The Balaban J connectivity index is 2.15. The summed E-state index contributed by atoms with van der Waals surface area (Å²) in [5, 5.41) is -0.974. The second kappa shape index (κ2) is 16.2. The highest BCUT2D eigenvalue weighted by Gasteiger charge is 2.26. The number of hydrogen-bond acceptors (Lipinski definition) is 3. The molecule has 0 saturated carbocycles. The van der Waals surface area contributed by atoms with Crippen LogP contribution in [0, 0.1) is 0 Å². The van der Waals surface area contributed by atoms with E-state index in [0.717, 1.165) is 36.8 Å². The van der Waals surface area contributed by atoms with Crippen LogP contribution in [0.1, 0.15) is 73.6 Å². The van der Waals surface area contributed by atoms with Gasteiger partial charge in [-0.05, 0) is 84.4 Å². The number of benzene rings is 2. The zero-order valence-corrected chi connectivity index (χ0v) is 23.9. The van der Waals surface area contributed by atoms with Crippen LogP contribution in [0.4, 0.5) is 0 Å². The van der Waals surface area contributed by atoms with Gasteiger partial charge in [-0.25, -0.2) is 8.42 Å². The van der Waals surface area contributed by atoms with Crippen LogP contribution in [0.25, 0.3) is 0 Å². The fraction of sp³-hybridized carbons (Fsp3) is 0.394. The van der Waals surface area contributed by atoms with Crippen molar-refractivity contribution in [2.45, 2.75) is 83.5 Å². The summed E-state index contributed by atoms with van der Waals surface area (Å²) >= 11 is 0. The van der Waals surface area contributed by atoms with Crippen molar-refractivity contribution in [2.24, 2.45) is 0 Å². The van der Waals surface area contributed by atoms with Crippen molar-refractivity contribution in [1.29, 1.82) is 0 Å². The topological polar surface area (TPSA) is 43.4 Å². The molecule has 0 amide bonds. The van der Waals surface area contributed by atoms with Crippen molar-refractivity contribution in [3.05, 3.63) is 113 Å². The predicted octanol–water partition coefficient (Wildman–Crippen LogP) is 8.80. The summed E-state index contributed by atoms with van der Waals surface area (Å²) in [6.45, 7) is 11.0. The zero-order chi connectivity index (χ0) is 28.0. The number of ether oxygens (including phenoxy) is 1. The van der Waals surface area contributed by atoms with Crippen LogP contribution in [0.15, 0.2) is 112 Å². The van der Waals surface area contributed by atoms with Crippen LogP contribution in [-0.2, 0) is 21.2 Å². The molecule has 1 unspecified atom stereocenters.